The van der Waals surface area contributed by atoms with Crippen molar-refractivity contribution in [1.82, 2.24) is 15.3 Å². The molecule has 3 heterocycles. The molecule has 0 bridgehead atoms. The van der Waals surface area contributed by atoms with Crippen LogP contribution in [-0.4, -0.2) is 16.5 Å². The van der Waals surface area contributed by atoms with Crippen molar-refractivity contribution in [2.75, 3.05) is 6.54 Å². The Morgan fingerprint density at radius 1 is 1.16 bits per heavy atom. The van der Waals surface area contributed by atoms with Crippen LogP contribution in [0.5, 0.6) is 0 Å². The minimum Gasteiger partial charge on any atom is -0.312 e. The van der Waals surface area contributed by atoms with Crippen molar-refractivity contribution < 1.29 is 0 Å². The van der Waals surface area contributed by atoms with Crippen LogP contribution in [0, 0.1) is 0 Å². The topological polar surface area (TPSA) is 37.8 Å². The molecule has 0 radical (unpaired) electrons. The maximum absolute atomic E-state index is 4.67. The van der Waals surface area contributed by atoms with E-state index in [9.17, 15) is 0 Å². The van der Waals surface area contributed by atoms with Crippen LogP contribution in [0.3, 0.4) is 0 Å². The molecule has 1 aromatic carbocycles. The number of thiazole rings is 1. The van der Waals surface area contributed by atoms with E-state index in [2.05, 4.69) is 33.5 Å². The van der Waals surface area contributed by atoms with Crippen molar-refractivity contribution in [3.63, 3.8) is 0 Å². The zero-order chi connectivity index (χ0) is 12.7. The average molecular weight is 267 g/mol. The largest absolute Gasteiger partial charge is 0.312 e. The van der Waals surface area contributed by atoms with Crippen molar-refractivity contribution in [3.8, 4) is 10.6 Å². The number of hydrogen-bond acceptors (Lipinski definition) is 4. The van der Waals surface area contributed by atoms with E-state index in [-0.39, 0.29) is 0 Å². The highest BCUT2D eigenvalue weighted by atomic mass is 32.1. The van der Waals surface area contributed by atoms with E-state index in [1.54, 1.807) is 11.3 Å². The lowest BCUT2D eigenvalue weighted by Crippen LogP contribution is -2.23. The van der Waals surface area contributed by atoms with Gasteiger partial charge in [-0.3, -0.25) is 0 Å². The molecule has 3 nitrogen and oxygen atoms in total. The number of fused-ring (bicyclic) bond motifs is 2. The van der Waals surface area contributed by atoms with Gasteiger partial charge in [-0.1, -0.05) is 23.5 Å². The molecule has 0 unspecified atom stereocenters. The first kappa shape index (κ1) is 11.1. The van der Waals surface area contributed by atoms with Gasteiger partial charge in [-0.2, -0.15) is 0 Å². The molecular weight excluding hydrogens is 254 g/mol. The molecule has 0 aliphatic carbocycles. The summed E-state index contributed by atoms with van der Waals surface area (Å²) in [6, 6.07) is 10.6. The van der Waals surface area contributed by atoms with Gasteiger partial charge in [0.15, 0.2) is 0 Å². The summed E-state index contributed by atoms with van der Waals surface area (Å²) < 4.78 is 0. The highest BCUT2D eigenvalue weighted by molar-refractivity contribution is 7.21. The Balaban J connectivity index is 1.83. The maximum atomic E-state index is 4.67. The maximum Gasteiger partial charge on any atom is 0.143 e. The molecule has 94 valence electrons. The number of pyridine rings is 1. The zero-order valence-corrected chi connectivity index (χ0v) is 11.2. The summed E-state index contributed by atoms with van der Waals surface area (Å²) >= 11 is 1.66. The third kappa shape index (κ3) is 1.93. The molecule has 0 fully saturated rings. The second-order valence-electron chi connectivity index (χ2n) is 4.76. The summed E-state index contributed by atoms with van der Waals surface area (Å²) in [6.45, 7) is 2.05. The second kappa shape index (κ2) is 4.40. The van der Waals surface area contributed by atoms with Gasteiger partial charge in [0.1, 0.15) is 15.4 Å². The van der Waals surface area contributed by atoms with Crippen molar-refractivity contribution in [2.24, 2.45) is 0 Å². The first-order valence-electron chi connectivity index (χ1n) is 6.44. The molecular formula is C15H13N3S. The molecule has 0 atom stereocenters. The predicted molar refractivity (Wildman–Crippen MR) is 78.3 cm³/mol. The number of benzene rings is 1. The summed E-state index contributed by atoms with van der Waals surface area (Å²) in [4.78, 5) is 10.0. The molecule has 1 aliphatic rings. The van der Waals surface area contributed by atoms with Crippen LogP contribution in [0.15, 0.2) is 36.5 Å². The molecule has 2 aromatic heterocycles. The highest BCUT2D eigenvalue weighted by Crippen LogP contribution is 2.30. The van der Waals surface area contributed by atoms with Gasteiger partial charge in [-0.15, -0.1) is 0 Å². The van der Waals surface area contributed by atoms with E-state index < -0.39 is 0 Å². The van der Waals surface area contributed by atoms with Gasteiger partial charge in [0.25, 0.3) is 0 Å². The lowest BCUT2D eigenvalue weighted by atomic mass is 9.99. The highest BCUT2D eigenvalue weighted by Gasteiger charge is 2.12. The van der Waals surface area contributed by atoms with Gasteiger partial charge < -0.3 is 5.32 Å². The van der Waals surface area contributed by atoms with E-state index in [0.29, 0.717) is 0 Å². The fraction of sp³-hybridized carbons (Fsp3) is 0.200. The molecule has 0 amide bonds. The Morgan fingerprint density at radius 3 is 3.11 bits per heavy atom. The number of nitrogens with zero attached hydrogens (tertiary/aromatic N) is 2. The van der Waals surface area contributed by atoms with Crippen LogP contribution in [0.1, 0.15) is 11.1 Å². The molecule has 1 aliphatic heterocycles. The van der Waals surface area contributed by atoms with Crippen molar-refractivity contribution in [1.29, 1.82) is 0 Å². The molecule has 1 N–H and O–H groups in total. The molecule has 0 saturated carbocycles. The van der Waals surface area contributed by atoms with Gasteiger partial charge >= 0.3 is 0 Å². The SMILES string of the molecule is c1cnc2sc(-c3ccc4c(c3)CNCC4)nc2c1. The first-order chi connectivity index (χ1) is 9.40. The number of rotatable bonds is 1. The van der Waals surface area contributed by atoms with Gasteiger partial charge in [0.2, 0.25) is 0 Å². The smallest absolute Gasteiger partial charge is 0.143 e. The molecule has 4 rings (SSSR count). The van der Waals surface area contributed by atoms with Gasteiger partial charge in [0.05, 0.1) is 0 Å². The van der Waals surface area contributed by atoms with E-state index in [1.807, 2.05) is 18.3 Å². The molecule has 4 heteroatoms. The third-order valence-electron chi connectivity index (χ3n) is 3.51. The Kier molecular flexibility index (Phi) is 2.57. The summed E-state index contributed by atoms with van der Waals surface area (Å²) in [5, 5.41) is 4.47. The Hall–Kier alpha value is -1.78. The first-order valence-corrected chi connectivity index (χ1v) is 7.26. The van der Waals surface area contributed by atoms with Gasteiger partial charge in [0, 0.05) is 18.3 Å². The van der Waals surface area contributed by atoms with Crippen LogP contribution in [-0.2, 0) is 13.0 Å². The average Bonchev–Trinajstić information content (AvgIpc) is 2.90. The number of nitrogens with one attached hydrogen (secondary N) is 1. The summed E-state index contributed by atoms with van der Waals surface area (Å²) in [7, 11) is 0. The monoisotopic (exact) mass is 267 g/mol. The van der Waals surface area contributed by atoms with E-state index in [4.69, 9.17) is 0 Å². The zero-order valence-electron chi connectivity index (χ0n) is 10.4. The number of hydrogen-bond donors (Lipinski definition) is 1. The molecule has 3 aromatic rings. The minimum absolute atomic E-state index is 0.965. The van der Waals surface area contributed by atoms with E-state index in [1.165, 1.54) is 16.7 Å². The summed E-state index contributed by atoms with van der Waals surface area (Å²) in [6.07, 6.45) is 2.94. The van der Waals surface area contributed by atoms with Crippen molar-refractivity contribution in [3.05, 3.63) is 47.7 Å². The predicted octanol–water partition coefficient (Wildman–Crippen LogP) is 3.00. The molecule has 0 saturated heterocycles. The Bertz CT molecular complexity index is 715. The summed E-state index contributed by atoms with van der Waals surface area (Å²) in [5.41, 5.74) is 5.04. The molecule has 0 spiro atoms. The lowest BCUT2D eigenvalue weighted by molar-refractivity contribution is 0.644. The van der Waals surface area contributed by atoms with Crippen LogP contribution in [0.25, 0.3) is 20.9 Å². The fourth-order valence-electron chi connectivity index (χ4n) is 2.51. The van der Waals surface area contributed by atoms with Crippen LogP contribution in [0.4, 0.5) is 0 Å². The van der Waals surface area contributed by atoms with E-state index in [0.717, 1.165) is 34.9 Å². The van der Waals surface area contributed by atoms with Crippen LogP contribution >= 0.6 is 11.3 Å². The molecule has 19 heavy (non-hydrogen) atoms. The standard InChI is InChI=1S/C15H13N3S/c1-2-13-15(17-6-1)19-14(18-13)11-4-3-10-5-7-16-9-12(10)8-11/h1-4,6,8,16H,5,7,9H2. The van der Waals surface area contributed by atoms with Gasteiger partial charge in [-0.25, -0.2) is 9.97 Å². The van der Waals surface area contributed by atoms with Crippen LogP contribution < -0.4 is 5.32 Å². The Labute approximate surface area is 115 Å². The van der Waals surface area contributed by atoms with Crippen molar-refractivity contribution >= 4 is 21.7 Å². The minimum atomic E-state index is 0.965. The van der Waals surface area contributed by atoms with Crippen LogP contribution in [0.2, 0.25) is 0 Å². The Morgan fingerprint density at radius 2 is 2.16 bits per heavy atom. The number of aromatic nitrogens is 2. The normalized spacial score (nSPS) is 14.5. The second-order valence-corrected chi connectivity index (χ2v) is 5.73. The quantitative estimate of drug-likeness (QED) is 0.736. The summed E-state index contributed by atoms with van der Waals surface area (Å²) in [5.74, 6) is 0. The van der Waals surface area contributed by atoms with Gasteiger partial charge in [-0.05, 0) is 42.3 Å². The van der Waals surface area contributed by atoms with Crippen molar-refractivity contribution in [2.45, 2.75) is 13.0 Å². The lowest BCUT2D eigenvalue weighted by Gasteiger charge is -2.17. The third-order valence-corrected chi connectivity index (χ3v) is 4.53. The fourth-order valence-corrected chi connectivity index (χ4v) is 3.41. The van der Waals surface area contributed by atoms with E-state index >= 15 is 0 Å².